The summed E-state index contributed by atoms with van der Waals surface area (Å²) < 4.78 is 5.94. The van der Waals surface area contributed by atoms with E-state index in [-0.39, 0.29) is 24.0 Å². The van der Waals surface area contributed by atoms with Crippen molar-refractivity contribution < 1.29 is 4.74 Å². The maximum atomic E-state index is 6.01. The molecule has 3 N–H and O–H groups in total. The van der Waals surface area contributed by atoms with Gasteiger partial charge in [0.1, 0.15) is 6.10 Å². The number of aromatic nitrogens is 1. The standard InChI is InChI=1S/C20H26N4O.HI/c1-2-15-6-5-7-17(12-15)24-20(21)23-14-16-10-11-22-19(13-16)25-18-8-3-4-9-18;/h5-7,10-13,18H,2-4,8-9,14H2,1H3,(H3,21,23,24);1H. The van der Waals surface area contributed by atoms with E-state index in [0.717, 1.165) is 30.5 Å². The number of guanidine groups is 1. The molecule has 140 valence electrons. The van der Waals surface area contributed by atoms with Gasteiger partial charge in [-0.2, -0.15) is 0 Å². The summed E-state index contributed by atoms with van der Waals surface area (Å²) in [5.41, 5.74) is 9.27. The minimum absolute atomic E-state index is 0. The Morgan fingerprint density at radius 2 is 2.04 bits per heavy atom. The van der Waals surface area contributed by atoms with Crippen molar-refractivity contribution in [3.05, 3.63) is 53.7 Å². The molecular weight excluding hydrogens is 439 g/mol. The van der Waals surface area contributed by atoms with Crippen LogP contribution in [0.15, 0.2) is 47.6 Å². The number of hydrogen-bond acceptors (Lipinski definition) is 3. The lowest BCUT2D eigenvalue weighted by molar-refractivity contribution is 0.201. The summed E-state index contributed by atoms with van der Waals surface area (Å²) in [5.74, 6) is 1.09. The van der Waals surface area contributed by atoms with Crippen LogP contribution >= 0.6 is 24.0 Å². The first kappa shape index (κ1) is 20.5. The summed E-state index contributed by atoms with van der Waals surface area (Å²) >= 11 is 0. The van der Waals surface area contributed by atoms with Crippen LogP contribution in [0.25, 0.3) is 0 Å². The van der Waals surface area contributed by atoms with Gasteiger partial charge >= 0.3 is 0 Å². The van der Waals surface area contributed by atoms with Gasteiger partial charge in [-0.05, 0) is 61.4 Å². The molecule has 0 atom stereocenters. The molecule has 0 radical (unpaired) electrons. The third-order valence-corrected chi connectivity index (χ3v) is 4.43. The topological polar surface area (TPSA) is 72.5 Å². The van der Waals surface area contributed by atoms with Crippen LogP contribution in [0.4, 0.5) is 5.69 Å². The Morgan fingerprint density at radius 3 is 2.81 bits per heavy atom. The fraction of sp³-hybridized carbons (Fsp3) is 0.400. The molecule has 1 saturated carbocycles. The number of nitrogens with two attached hydrogens (primary N) is 1. The van der Waals surface area contributed by atoms with Gasteiger partial charge in [-0.1, -0.05) is 19.1 Å². The van der Waals surface area contributed by atoms with Crippen molar-refractivity contribution >= 4 is 35.6 Å². The number of ether oxygens (including phenoxy) is 1. The molecule has 1 fully saturated rings. The van der Waals surface area contributed by atoms with E-state index >= 15 is 0 Å². The van der Waals surface area contributed by atoms with E-state index in [1.54, 1.807) is 6.20 Å². The lowest BCUT2D eigenvalue weighted by Gasteiger charge is -2.12. The van der Waals surface area contributed by atoms with Crippen molar-refractivity contribution in [2.24, 2.45) is 10.7 Å². The molecule has 1 aliphatic carbocycles. The first-order valence-electron chi connectivity index (χ1n) is 9.00. The molecule has 5 nitrogen and oxygen atoms in total. The van der Waals surface area contributed by atoms with Crippen LogP contribution in [0.2, 0.25) is 0 Å². The van der Waals surface area contributed by atoms with Crippen molar-refractivity contribution in [1.82, 2.24) is 4.98 Å². The normalized spacial score (nSPS) is 14.7. The fourth-order valence-corrected chi connectivity index (χ4v) is 3.02. The zero-order chi connectivity index (χ0) is 17.5. The van der Waals surface area contributed by atoms with E-state index in [1.807, 2.05) is 24.3 Å². The molecule has 1 heterocycles. The van der Waals surface area contributed by atoms with Gasteiger partial charge in [0, 0.05) is 18.0 Å². The van der Waals surface area contributed by atoms with Crippen molar-refractivity contribution in [1.29, 1.82) is 0 Å². The van der Waals surface area contributed by atoms with Crippen LogP contribution in [0.5, 0.6) is 5.88 Å². The Bertz CT molecular complexity index is 729. The Hall–Kier alpha value is -1.83. The number of hydrogen-bond donors (Lipinski definition) is 2. The summed E-state index contributed by atoms with van der Waals surface area (Å²) in [5, 5.41) is 3.14. The SMILES string of the molecule is CCc1cccc(NC(N)=NCc2ccnc(OC3CCCC3)c2)c1.I. The van der Waals surface area contributed by atoms with Gasteiger partial charge in [0.2, 0.25) is 5.88 Å². The highest BCUT2D eigenvalue weighted by Gasteiger charge is 2.16. The third kappa shape index (κ3) is 6.16. The maximum absolute atomic E-state index is 6.01. The first-order valence-corrected chi connectivity index (χ1v) is 9.00. The quantitative estimate of drug-likeness (QED) is 0.373. The van der Waals surface area contributed by atoms with Gasteiger partial charge in [-0.25, -0.2) is 9.98 Å². The summed E-state index contributed by atoms with van der Waals surface area (Å²) in [6.45, 7) is 2.63. The number of rotatable bonds is 6. The smallest absolute Gasteiger partial charge is 0.213 e. The van der Waals surface area contributed by atoms with Crippen molar-refractivity contribution in [3.63, 3.8) is 0 Å². The number of aliphatic imine (C=N–C) groups is 1. The van der Waals surface area contributed by atoms with E-state index in [9.17, 15) is 0 Å². The molecule has 2 aromatic rings. The Kier molecular flexibility index (Phi) is 8.15. The highest BCUT2D eigenvalue weighted by atomic mass is 127. The lowest BCUT2D eigenvalue weighted by Crippen LogP contribution is -2.22. The molecule has 0 amide bonds. The van der Waals surface area contributed by atoms with Gasteiger partial charge < -0.3 is 15.8 Å². The highest BCUT2D eigenvalue weighted by molar-refractivity contribution is 14.0. The number of pyridine rings is 1. The third-order valence-electron chi connectivity index (χ3n) is 4.43. The summed E-state index contributed by atoms with van der Waals surface area (Å²) in [7, 11) is 0. The molecule has 0 saturated heterocycles. The lowest BCUT2D eigenvalue weighted by atomic mass is 10.1. The average Bonchev–Trinajstić information content (AvgIpc) is 3.13. The van der Waals surface area contributed by atoms with Crippen LogP contribution in [0, 0.1) is 0 Å². The Morgan fingerprint density at radius 1 is 1.23 bits per heavy atom. The van der Waals surface area contributed by atoms with Crippen molar-refractivity contribution in [3.8, 4) is 5.88 Å². The van der Waals surface area contributed by atoms with Crippen molar-refractivity contribution in [2.75, 3.05) is 5.32 Å². The van der Waals surface area contributed by atoms with E-state index < -0.39 is 0 Å². The monoisotopic (exact) mass is 466 g/mol. The molecular formula is C20H27IN4O. The maximum Gasteiger partial charge on any atom is 0.213 e. The van der Waals surface area contributed by atoms with E-state index in [1.165, 1.54) is 18.4 Å². The number of nitrogens with one attached hydrogen (secondary N) is 1. The van der Waals surface area contributed by atoms with Gasteiger partial charge in [0.05, 0.1) is 6.54 Å². The van der Waals surface area contributed by atoms with Crippen LogP contribution in [-0.2, 0) is 13.0 Å². The predicted molar refractivity (Wildman–Crippen MR) is 117 cm³/mol. The molecule has 1 aromatic carbocycles. The van der Waals surface area contributed by atoms with Crippen molar-refractivity contribution in [2.45, 2.75) is 51.7 Å². The van der Waals surface area contributed by atoms with Crippen LogP contribution in [0.1, 0.15) is 43.7 Å². The molecule has 0 bridgehead atoms. The molecule has 0 unspecified atom stereocenters. The van der Waals surface area contributed by atoms with Crippen LogP contribution in [-0.4, -0.2) is 17.0 Å². The zero-order valence-corrected chi connectivity index (χ0v) is 17.5. The first-order chi connectivity index (χ1) is 12.2. The summed E-state index contributed by atoms with van der Waals surface area (Å²) in [6, 6.07) is 12.1. The Labute approximate surface area is 172 Å². The average molecular weight is 466 g/mol. The molecule has 0 spiro atoms. The van der Waals surface area contributed by atoms with Gasteiger partial charge in [0.15, 0.2) is 5.96 Å². The minimum atomic E-state index is 0. The summed E-state index contributed by atoms with van der Waals surface area (Å²) in [4.78, 5) is 8.72. The summed E-state index contributed by atoms with van der Waals surface area (Å²) in [6.07, 6.45) is 7.81. The molecule has 6 heteroatoms. The van der Waals surface area contributed by atoms with E-state index in [2.05, 4.69) is 34.3 Å². The number of anilines is 1. The number of halogens is 1. The van der Waals surface area contributed by atoms with Gasteiger partial charge in [0.25, 0.3) is 0 Å². The largest absolute Gasteiger partial charge is 0.474 e. The molecule has 1 aromatic heterocycles. The Balaban J connectivity index is 0.00000243. The highest BCUT2D eigenvalue weighted by Crippen LogP contribution is 2.23. The molecule has 1 aliphatic rings. The second-order valence-electron chi connectivity index (χ2n) is 6.41. The van der Waals surface area contributed by atoms with Crippen LogP contribution < -0.4 is 15.8 Å². The fourth-order valence-electron chi connectivity index (χ4n) is 3.02. The molecule has 0 aliphatic heterocycles. The second kappa shape index (κ2) is 10.4. The predicted octanol–water partition coefficient (Wildman–Crippen LogP) is 4.51. The van der Waals surface area contributed by atoms with Crippen LogP contribution in [0.3, 0.4) is 0 Å². The van der Waals surface area contributed by atoms with E-state index in [4.69, 9.17) is 10.5 Å². The molecule has 26 heavy (non-hydrogen) atoms. The number of aryl methyl sites for hydroxylation is 1. The zero-order valence-electron chi connectivity index (χ0n) is 15.1. The van der Waals surface area contributed by atoms with E-state index in [0.29, 0.717) is 24.5 Å². The number of nitrogens with zero attached hydrogens (tertiary/aromatic N) is 2. The minimum Gasteiger partial charge on any atom is -0.474 e. The molecule has 3 rings (SSSR count). The second-order valence-corrected chi connectivity index (χ2v) is 6.41. The number of benzene rings is 1. The van der Waals surface area contributed by atoms with Gasteiger partial charge in [-0.15, -0.1) is 24.0 Å². The van der Waals surface area contributed by atoms with Gasteiger partial charge in [-0.3, -0.25) is 0 Å².